The van der Waals surface area contributed by atoms with E-state index >= 15 is 0 Å². The highest BCUT2D eigenvalue weighted by atomic mass is 16.6. The third-order valence-corrected chi connectivity index (χ3v) is 2.88. The summed E-state index contributed by atoms with van der Waals surface area (Å²) in [6.07, 6.45) is 4.19. The molecule has 3 nitrogen and oxygen atoms in total. The van der Waals surface area contributed by atoms with E-state index < -0.39 is 0 Å². The van der Waals surface area contributed by atoms with Crippen LogP contribution in [-0.2, 0) is 0 Å². The number of para-hydroxylation sites is 2. The highest BCUT2D eigenvalue weighted by Gasteiger charge is 2.25. The first-order valence-electron chi connectivity index (χ1n) is 6.04. The smallest absolute Gasteiger partial charge is 0.161 e. The number of nitrogens with one attached hydrogen (secondary N) is 1. The molecule has 0 saturated carbocycles. The van der Waals surface area contributed by atoms with Gasteiger partial charge in [0.15, 0.2) is 11.5 Å². The van der Waals surface area contributed by atoms with Crippen molar-refractivity contribution in [3.05, 3.63) is 36.4 Å². The van der Waals surface area contributed by atoms with E-state index in [2.05, 4.69) is 18.3 Å². The first-order chi connectivity index (χ1) is 8.31. The molecule has 0 aromatic heterocycles. The number of hydrogen-bond acceptors (Lipinski definition) is 3. The number of allylic oxidation sites excluding steroid dienone is 1. The summed E-state index contributed by atoms with van der Waals surface area (Å²) in [5.41, 5.74) is 0. The van der Waals surface area contributed by atoms with Crippen molar-refractivity contribution in [2.75, 3.05) is 13.2 Å². The number of ether oxygens (including phenoxy) is 2. The Morgan fingerprint density at radius 1 is 1.41 bits per heavy atom. The quantitative estimate of drug-likeness (QED) is 0.810. The minimum atomic E-state index is 0.0650. The van der Waals surface area contributed by atoms with Crippen LogP contribution in [0.3, 0.4) is 0 Å². The van der Waals surface area contributed by atoms with Crippen LogP contribution in [0, 0.1) is 0 Å². The summed E-state index contributed by atoms with van der Waals surface area (Å²) in [7, 11) is 0. The van der Waals surface area contributed by atoms with Crippen molar-refractivity contribution >= 4 is 0 Å². The molecule has 1 aliphatic rings. The summed E-state index contributed by atoms with van der Waals surface area (Å²) in [5, 5.41) is 3.39. The fourth-order valence-electron chi connectivity index (χ4n) is 1.79. The Morgan fingerprint density at radius 2 is 2.18 bits per heavy atom. The van der Waals surface area contributed by atoms with Gasteiger partial charge in [0.2, 0.25) is 0 Å². The first-order valence-corrected chi connectivity index (χ1v) is 6.04. The Hall–Kier alpha value is -1.48. The van der Waals surface area contributed by atoms with Crippen LogP contribution in [0.15, 0.2) is 36.4 Å². The van der Waals surface area contributed by atoms with Gasteiger partial charge in [0.1, 0.15) is 12.7 Å². The Bertz CT molecular complexity index is 390. The fraction of sp³-hybridized carbons (Fsp3) is 0.429. The van der Waals surface area contributed by atoms with E-state index in [0.29, 0.717) is 6.61 Å². The van der Waals surface area contributed by atoms with Crippen LogP contribution in [0.25, 0.3) is 0 Å². The first kappa shape index (κ1) is 12.0. The number of benzene rings is 1. The predicted octanol–water partition coefficient (Wildman–Crippen LogP) is 2.38. The van der Waals surface area contributed by atoms with Crippen molar-refractivity contribution < 1.29 is 9.47 Å². The highest BCUT2D eigenvalue weighted by molar-refractivity contribution is 5.40. The Balaban J connectivity index is 1.93. The van der Waals surface area contributed by atoms with Crippen molar-refractivity contribution in [1.82, 2.24) is 5.32 Å². The van der Waals surface area contributed by atoms with Crippen molar-refractivity contribution in [3.63, 3.8) is 0 Å². The number of fused-ring (bicyclic) bond motifs is 1. The predicted molar refractivity (Wildman–Crippen MR) is 68.6 cm³/mol. The zero-order chi connectivity index (χ0) is 12.1. The maximum atomic E-state index is 5.91. The van der Waals surface area contributed by atoms with Crippen LogP contribution in [0.4, 0.5) is 0 Å². The second kappa shape index (κ2) is 5.73. The topological polar surface area (TPSA) is 30.5 Å². The van der Waals surface area contributed by atoms with Gasteiger partial charge in [-0.1, -0.05) is 24.3 Å². The zero-order valence-corrected chi connectivity index (χ0v) is 10.3. The third-order valence-electron chi connectivity index (χ3n) is 2.88. The molecule has 0 bridgehead atoms. The van der Waals surface area contributed by atoms with E-state index in [-0.39, 0.29) is 12.1 Å². The largest absolute Gasteiger partial charge is 0.486 e. The van der Waals surface area contributed by atoms with Crippen molar-refractivity contribution in [1.29, 1.82) is 0 Å². The molecule has 0 amide bonds. The molecular formula is C14H19NO2. The van der Waals surface area contributed by atoms with E-state index in [9.17, 15) is 0 Å². The Morgan fingerprint density at radius 3 is 2.94 bits per heavy atom. The molecule has 92 valence electrons. The average molecular weight is 233 g/mol. The molecule has 0 unspecified atom stereocenters. The average Bonchev–Trinajstić information content (AvgIpc) is 2.38. The molecule has 0 aliphatic carbocycles. The highest BCUT2D eigenvalue weighted by Crippen LogP contribution is 2.31. The molecule has 1 aromatic carbocycles. The lowest BCUT2D eigenvalue weighted by molar-refractivity contribution is 0.0677. The van der Waals surface area contributed by atoms with E-state index in [1.54, 1.807) is 0 Å². The van der Waals surface area contributed by atoms with Crippen LogP contribution in [-0.4, -0.2) is 25.3 Å². The maximum absolute atomic E-state index is 5.91. The van der Waals surface area contributed by atoms with Gasteiger partial charge in [-0.05, 0) is 26.0 Å². The molecule has 3 heteroatoms. The molecular weight excluding hydrogens is 214 g/mol. The van der Waals surface area contributed by atoms with Gasteiger partial charge < -0.3 is 14.8 Å². The van der Waals surface area contributed by atoms with E-state index in [1.807, 2.05) is 37.3 Å². The Labute approximate surface area is 102 Å². The molecule has 2 rings (SSSR count). The van der Waals surface area contributed by atoms with Gasteiger partial charge in [-0.3, -0.25) is 0 Å². The Kier molecular flexibility index (Phi) is 4.04. The SMILES string of the molecule is C/C=C/CN[C@H](C)[C@H]1COc2ccccc2O1. The maximum Gasteiger partial charge on any atom is 0.161 e. The normalized spacial score (nSPS) is 20.5. The minimum Gasteiger partial charge on any atom is -0.486 e. The lowest BCUT2D eigenvalue weighted by atomic mass is 10.1. The molecule has 2 atom stereocenters. The lowest BCUT2D eigenvalue weighted by Gasteiger charge is -2.30. The molecule has 1 N–H and O–H groups in total. The van der Waals surface area contributed by atoms with Crippen LogP contribution < -0.4 is 14.8 Å². The number of rotatable bonds is 4. The zero-order valence-electron chi connectivity index (χ0n) is 10.3. The summed E-state index contributed by atoms with van der Waals surface area (Å²) < 4.78 is 11.6. The third kappa shape index (κ3) is 3.01. The van der Waals surface area contributed by atoms with Gasteiger partial charge in [0.05, 0.1) is 0 Å². The van der Waals surface area contributed by atoms with Gasteiger partial charge in [0, 0.05) is 12.6 Å². The molecule has 1 heterocycles. The molecule has 17 heavy (non-hydrogen) atoms. The molecule has 0 saturated heterocycles. The van der Waals surface area contributed by atoms with Crippen LogP contribution >= 0.6 is 0 Å². The lowest BCUT2D eigenvalue weighted by Crippen LogP contribution is -2.46. The van der Waals surface area contributed by atoms with Gasteiger partial charge in [-0.25, -0.2) is 0 Å². The van der Waals surface area contributed by atoms with E-state index in [4.69, 9.17) is 9.47 Å². The monoisotopic (exact) mass is 233 g/mol. The van der Waals surface area contributed by atoms with E-state index in [0.717, 1.165) is 18.0 Å². The van der Waals surface area contributed by atoms with Crippen molar-refractivity contribution in [3.8, 4) is 11.5 Å². The van der Waals surface area contributed by atoms with Crippen LogP contribution in [0.5, 0.6) is 11.5 Å². The minimum absolute atomic E-state index is 0.0650. The van der Waals surface area contributed by atoms with Gasteiger partial charge in [-0.2, -0.15) is 0 Å². The second-order valence-corrected chi connectivity index (χ2v) is 4.18. The van der Waals surface area contributed by atoms with Crippen molar-refractivity contribution in [2.45, 2.75) is 26.0 Å². The number of hydrogen-bond donors (Lipinski definition) is 1. The molecule has 0 spiro atoms. The van der Waals surface area contributed by atoms with E-state index in [1.165, 1.54) is 0 Å². The summed E-state index contributed by atoms with van der Waals surface area (Å²) in [6.45, 7) is 5.59. The molecule has 0 fully saturated rings. The summed E-state index contributed by atoms with van der Waals surface area (Å²) >= 11 is 0. The fourth-order valence-corrected chi connectivity index (χ4v) is 1.79. The van der Waals surface area contributed by atoms with Crippen molar-refractivity contribution in [2.24, 2.45) is 0 Å². The van der Waals surface area contributed by atoms with Crippen LogP contribution in [0.2, 0.25) is 0 Å². The summed E-state index contributed by atoms with van der Waals surface area (Å²) in [6, 6.07) is 8.06. The van der Waals surface area contributed by atoms with Gasteiger partial charge in [0.25, 0.3) is 0 Å². The summed E-state index contributed by atoms with van der Waals surface area (Å²) in [5.74, 6) is 1.67. The van der Waals surface area contributed by atoms with Gasteiger partial charge in [-0.15, -0.1) is 0 Å². The second-order valence-electron chi connectivity index (χ2n) is 4.18. The molecule has 1 aliphatic heterocycles. The standard InChI is InChI=1S/C14H19NO2/c1-3-4-9-15-11(2)14-10-16-12-7-5-6-8-13(12)17-14/h3-8,11,14-15H,9-10H2,1-2H3/b4-3+/t11-,14-/m1/s1. The van der Waals surface area contributed by atoms with Crippen LogP contribution in [0.1, 0.15) is 13.8 Å². The summed E-state index contributed by atoms with van der Waals surface area (Å²) in [4.78, 5) is 0. The van der Waals surface area contributed by atoms with Gasteiger partial charge >= 0.3 is 0 Å². The molecule has 1 aromatic rings. The molecule has 0 radical (unpaired) electrons.